The van der Waals surface area contributed by atoms with Gasteiger partial charge in [-0.1, -0.05) is 0 Å². The molecule has 0 aliphatic carbocycles. The zero-order valence-corrected chi connectivity index (χ0v) is 16.2. The molecule has 0 spiro atoms. The molecular formula is C20H25N5O3. The van der Waals surface area contributed by atoms with E-state index < -0.39 is 6.10 Å². The van der Waals surface area contributed by atoms with Gasteiger partial charge in [0, 0.05) is 44.0 Å². The third-order valence-corrected chi connectivity index (χ3v) is 5.26. The highest BCUT2D eigenvalue weighted by Gasteiger charge is 2.30. The van der Waals surface area contributed by atoms with Gasteiger partial charge in [-0.2, -0.15) is 5.10 Å². The number of hydrogen-bond donors (Lipinski definition) is 2. The Morgan fingerprint density at radius 3 is 2.79 bits per heavy atom. The maximum atomic E-state index is 12.3. The van der Waals surface area contributed by atoms with Gasteiger partial charge in [0.05, 0.1) is 0 Å². The molecule has 8 nitrogen and oxygen atoms in total. The van der Waals surface area contributed by atoms with Gasteiger partial charge in [0.1, 0.15) is 5.75 Å². The summed E-state index contributed by atoms with van der Waals surface area (Å²) in [7, 11) is 1.78. The largest absolute Gasteiger partial charge is 0.481 e. The van der Waals surface area contributed by atoms with E-state index in [1.807, 2.05) is 23.7 Å². The Bertz CT molecular complexity index is 884. The summed E-state index contributed by atoms with van der Waals surface area (Å²) >= 11 is 0. The van der Waals surface area contributed by atoms with Gasteiger partial charge in [0.25, 0.3) is 5.91 Å². The Kier molecular flexibility index (Phi) is 4.93. The third-order valence-electron chi connectivity index (χ3n) is 5.26. The van der Waals surface area contributed by atoms with E-state index in [1.165, 1.54) is 0 Å². The Hall–Kier alpha value is -3.03. The number of urea groups is 1. The van der Waals surface area contributed by atoms with Crippen molar-refractivity contribution in [1.82, 2.24) is 14.7 Å². The summed E-state index contributed by atoms with van der Waals surface area (Å²) in [6.45, 7) is 3.50. The van der Waals surface area contributed by atoms with E-state index >= 15 is 0 Å². The summed E-state index contributed by atoms with van der Waals surface area (Å²) in [6, 6.07) is 6.98. The number of nitrogens with one attached hydrogen (secondary N) is 2. The highest BCUT2D eigenvalue weighted by molar-refractivity contribution is 5.99. The van der Waals surface area contributed by atoms with Crippen LogP contribution in [-0.4, -0.2) is 46.3 Å². The minimum atomic E-state index is -0.432. The van der Waals surface area contributed by atoms with Crippen LogP contribution >= 0.6 is 0 Å². The number of aromatic nitrogens is 2. The first kappa shape index (κ1) is 18.3. The number of fused-ring (bicyclic) bond motifs is 1. The number of hydrogen-bond acceptors (Lipinski definition) is 4. The average molecular weight is 383 g/mol. The van der Waals surface area contributed by atoms with Crippen molar-refractivity contribution in [2.75, 3.05) is 24.2 Å². The number of anilines is 2. The lowest BCUT2D eigenvalue weighted by atomic mass is 10.1. The van der Waals surface area contributed by atoms with Crippen molar-refractivity contribution >= 4 is 23.4 Å². The van der Waals surface area contributed by atoms with Gasteiger partial charge < -0.3 is 15.0 Å². The van der Waals surface area contributed by atoms with E-state index in [2.05, 4.69) is 15.7 Å². The van der Waals surface area contributed by atoms with Crippen LogP contribution in [0.3, 0.4) is 0 Å². The number of likely N-dealkylation sites (N-methyl/N-ethyl adjacent to an activating group) is 1. The fourth-order valence-corrected chi connectivity index (χ4v) is 3.66. The molecule has 0 bridgehead atoms. The first-order chi connectivity index (χ1) is 13.5. The topological polar surface area (TPSA) is 88.5 Å². The van der Waals surface area contributed by atoms with Crippen molar-refractivity contribution in [1.29, 1.82) is 0 Å². The number of nitrogens with zero attached hydrogens (tertiary/aromatic N) is 3. The molecule has 1 atom stereocenters. The number of carbonyl (C=O) groups excluding carboxylic acids is 2. The fourth-order valence-electron chi connectivity index (χ4n) is 3.66. The van der Waals surface area contributed by atoms with E-state index in [-0.39, 0.29) is 11.9 Å². The van der Waals surface area contributed by atoms with E-state index in [0.717, 1.165) is 37.1 Å². The lowest BCUT2D eigenvalue weighted by molar-refractivity contribution is -0.132. The summed E-state index contributed by atoms with van der Waals surface area (Å²) < 4.78 is 7.77. The zero-order chi connectivity index (χ0) is 19.7. The Morgan fingerprint density at radius 2 is 2.07 bits per heavy atom. The van der Waals surface area contributed by atoms with Gasteiger partial charge >= 0.3 is 6.03 Å². The fraction of sp³-hybridized carbons (Fsp3) is 0.450. The number of likely N-dealkylation sites (tertiary alicyclic amines) is 1. The van der Waals surface area contributed by atoms with Gasteiger partial charge in [0.2, 0.25) is 0 Å². The molecule has 2 aliphatic heterocycles. The van der Waals surface area contributed by atoms with Gasteiger partial charge in [-0.25, -0.2) is 4.79 Å². The van der Waals surface area contributed by atoms with Crippen molar-refractivity contribution in [3.05, 3.63) is 35.5 Å². The van der Waals surface area contributed by atoms with E-state index in [4.69, 9.17) is 4.74 Å². The number of carbonyl (C=O) groups is 2. The number of amides is 3. The molecule has 1 aromatic heterocycles. The Morgan fingerprint density at radius 1 is 1.21 bits per heavy atom. The molecule has 148 valence electrons. The maximum Gasteiger partial charge on any atom is 0.324 e. The smallest absolute Gasteiger partial charge is 0.324 e. The molecule has 1 fully saturated rings. The van der Waals surface area contributed by atoms with Gasteiger partial charge in [-0.15, -0.1) is 0 Å². The van der Waals surface area contributed by atoms with Crippen molar-refractivity contribution in [2.24, 2.45) is 0 Å². The first-order valence-electron chi connectivity index (χ1n) is 9.66. The predicted molar refractivity (Wildman–Crippen MR) is 106 cm³/mol. The molecule has 2 N–H and O–H groups in total. The van der Waals surface area contributed by atoms with Crippen molar-refractivity contribution in [3.8, 4) is 5.75 Å². The zero-order valence-electron chi connectivity index (χ0n) is 16.2. The monoisotopic (exact) mass is 383 g/mol. The summed E-state index contributed by atoms with van der Waals surface area (Å²) in [5.74, 6) is 1.19. The normalized spacial score (nSPS) is 18.7. The highest BCUT2D eigenvalue weighted by Crippen LogP contribution is 2.25. The number of ether oxygens (including phenoxy) is 1. The van der Waals surface area contributed by atoms with Gasteiger partial charge in [-0.05, 0) is 49.9 Å². The van der Waals surface area contributed by atoms with Crippen molar-refractivity contribution < 1.29 is 14.3 Å². The van der Waals surface area contributed by atoms with Gasteiger partial charge in [0.15, 0.2) is 11.9 Å². The lowest BCUT2D eigenvalue weighted by Gasteiger charge is -2.15. The Balaban J connectivity index is 1.37. The molecule has 4 rings (SSSR count). The van der Waals surface area contributed by atoms with Crippen LogP contribution in [-0.2, 0) is 17.8 Å². The van der Waals surface area contributed by atoms with Gasteiger partial charge in [-0.3, -0.25) is 14.8 Å². The predicted octanol–water partition coefficient (Wildman–Crippen LogP) is 2.78. The molecular weight excluding hydrogens is 358 g/mol. The van der Waals surface area contributed by atoms with E-state index in [9.17, 15) is 9.59 Å². The quantitative estimate of drug-likeness (QED) is 0.850. The summed E-state index contributed by atoms with van der Waals surface area (Å²) in [4.78, 5) is 26.0. The second kappa shape index (κ2) is 7.53. The first-order valence-corrected chi connectivity index (χ1v) is 9.66. The van der Waals surface area contributed by atoms with Crippen LogP contribution in [0.2, 0.25) is 0 Å². The molecule has 1 saturated heterocycles. The molecule has 3 amide bonds. The van der Waals surface area contributed by atoms with Crippen LogP contribution in [0.1, 0.15) is 30.5 Å². The Labute approximate surface area is 163 Å². The van der Waals surface area contributed by atoms with E-state index in [0.29, 0.717) is 30.2 Å². The molecule has 3 heterocycles. The SMILES string of the molecule is Cc1cc(OC2CCN(C)C2=O)ccc1NC(=O)Nc1cc2n(n1)CCCC2. The number of aryl methyl sites for hydroxylation is 3. The van der Waals surface area contributed by atoms with Crippen LogP contribution in [0.25, 0.3) is 0 Å². The molecule has 0 radical (unpaired) electrons. The second-order valence-corrected chi connectivity index (χ2v) is 7.41. The summed E-state index contributed by atoms with van der Waals surface area (Å²) in [5, 5.41) is 10.1. The second-order valence-electron chi connectivity index (χ2n) is 7.41. The minimum Gasteiger partial charge on any atom is -0.481 e. The maximum absolute atomic E-state index is 12.3. The summed E-state index contributed by atoms with van der Waals surface area (Å²) in [5.41, 5.74) is 2.70. The van der Waals surface area contributed by atoms with Crippen LogP contribution in [0, 0.1) is 6.92 Å². The molecule has 1 aromatic carbocycles. The molecule has 8 heteroatoms. The number of rotatable bonds is 4. The minimum absolute atomic E-state index is 0.00185. The third kappa shape index (κ3) is 3.81. The highest BCUT2D eigenvalue weighted by atomic mass is 16.5. The van der Waals surface area contributed by atoms with Crippen molar-refractivity contribution in [3.63, 3.8) is 0 Å². The lowest BCUT2D eigenvalue weighted by Crippen LogP contribution is -2.29. The molecule has 2 aliphatic rings. The molecule has 1 unspecified atom stereocenters. The van der Waals surface area contributed by atoms with Crippen LogP contribution in [0.15, 0.2) is 24.3 Å². The van der Waals surface area contributed by atoms with Crippen LogP contribution < -0.4 is 15.4 Å². The molecule has 2 aromatic rings. The number of benzene rings is 1. The van der Waals surface area contributed by atoms with Crippen molar-refractivity contribution in [2.45, 2.75) is 45.3 Å². The standard InChI is InChI=1S/C20H25N5O3/c1-13-11-15(28-17-8-10-24(2)19(17)26)6-7-16(13)21-20(27)22-18-12-14-5-3-4-9-25(14)23-18/h6-7,11-12,17H,3-5,8-10H2,1-2H3,(H2,21,22,23,27). The van der Waals surface area contributed by atoms with Crippen LogP contribution in [0.5, 0.6) is 5.75 Å². The molecule has 28 heavy (non-hydrogen) atoms. The van der Waals surface area contributed by atoms with E-state index in [1.54, 1.807) is 24.1 Å². The van der Waals surface area contributed by atoms with Crippen LogP contribution in [0.4, 0.5) is 16.3 Å². The average Bonchev–Trinajstić information content (AvgIpc) is 3.21. The molecule has 0 saturated carbocycles. The summed E-state index contributed by atoms with van der Waals surface area (Å²) in [6.07, 6.45) is 3.53.